The van der Waals surface area contributed by atoms with Gasteiger partial charge < -0.3 is 10.5 Å². The fourth-order valence-electron chi connectivity index (χ4n) is 1.55. The van der Waals surface area contributed by atoms with Crippen molar-refractivity contribution in [2.45, 2.75) is 33.0 Å². The van der Waals surface area contributed by atoms with Gasteiger partial charge in [0.05, 0.1) is 6.61 Å². The average Bonchev–Trinajstić information content (AvgIpc) is 2.71. The van der Waals surface area contributed by atoms with Crippen LogP contribution in [0.3, 0.4) is 0 Å². The van der Waals surface area contributed by atoms with Crippen LogP contribution in [0.15, 0.2) is 12.1 Å². The monoisotopic (exact) mass is 242 g/mol. The first-order chi connectivity index (χ1) is 7.67. The largest absolute Gasteiger partial charge is 0.383 e. The molecule has 1 aromatic heterocycles. The van der Waals surface area contributed by atoms with Gasteiger partial charge in [0.15, 0.2) is 0 Å². The number of hydrogen-bond acceptors (Lipinski definition) is 4. The van der Waals surface area contributed by atoms with E-state index in [-0.39, 0.29) is 0 Å². The Bertz CT molecular complexity index is 299. The van der Waals surface area contributed by atoms with Crippen molar-refractivity contribution in [2.24, 2.45) is 5.73 Å². The van der Waals surface area contributed by atoms with E-state index in [1.54, 1.807) is 18.4 Å². The highest BCUT2D eigenvalue weighted by Crippen LogP contribution is 2.18. The molecule has 0 spiro atoms. The zero-order valence-electron chi connectivity index (χ0n) is 10.4. The lowest BCUT2D eigenvalue weighted by atomic mass is 10.3. The van der Waals surface area contributed by atoms with Gasteiger partial charge in [-0.05, 0) is 26.0 Å². The molecule has 92 valence electrons. The van der Waals surface area contributed by atoms with E-state index in [0.717, 1.165) is 19.7 Å². The molecule has 16 heavy (non-hydrogen) atoms. The summed E-state index contributed by atoms with van der Waals surface area (Å²) in [6, 6.07) is 4.84. The lowest BCUT2D eigenvalue weighted by Gasteiger charge is -2.25. The van der Waals surface area contributed by atoms with Crippen LogP contribution in [0.4, 0.5) is 0 Å². The molecular weight excluding hydrogens is 220 g/mol. The van der Waals surface area contributed by atoms with Gasteiger partial charge in [0, 0.05) is 42.5 Å². The molecule has 1 aromatic rings. The van der Waals surface area contributed by atoms with E-state index in [1.807, 2.05) is 0 Å². The summed E-state index contributed by atoms with van der Waals surface area (Å²) in [5.41, 5.74) is 5.61. The second-order valence-corrected chi connectivity index (χ2v) is 5.38. The summed E-state index contributed by atoms with van der Waals surface area (Å²) in [4.78, 5) is 5.05. The van der Waals surface area contributed by atoms with E-state index in [1.165, 1.54) is 9.75 Å². The third kappa shape index (κ3) is 4.22. The van der Waals surface area contributed by atoms with Crippen LogP contribution < -0.4 is 5.73 Å². The van der Waals surface area contributed by atoms with Crippen molar-refractivity contribution < 1.29 is 4.74 Å². The number of thiophene rings is 1. The summed E-state index contributed by atoms with van der Waals surface area (Å²) >= 11 is 1.80. The molecule has 0 bridgehead atoms. The second kappa shape index (κ2) is 7.01. The molecule has 0 saturated heterocycles. The van der Waals surface area contributed by atoms with E-state index in [0.29, 0.717) is 12.6 Å². The summed E-state index contributed by atoms with van der Waals surface area (Å²) in [5.74, 6) is 0. The van der Waals surface area contributed by atoms with Gasteiger partial charge in [-0.25, -0.2) is 0 Å². The topological polar surface area (TPSA) is 38.5 Å². The molecule has 0 amide bonds. The molecule has 0 aromatic carbocycles. The highest BCUT2D eigenvalue weighted by atomic mass is 32.1. The SMILES string of the molecule is COCCN(Cc1ccc(CN)s1)C(C)C. The van der Waals surface area contributed by atoms with Crippen LogP contribution in [0.25, 0.3) is 0 Å². The van der Waals surface area contributed by atoms with Crippen LogP contribution in [0.5, 0.6) is 0 Å². The van der Waals surface area contributed by atoms with E-state index in [4.69, 9.17) is 10.5 Å². The molecule has 0 aliphatic carbocycles. The Kier molecular flexibility index (Phi) is 5.98. The third-order valence-corrected chi connectivity index (χ3v) is 3.68. The quantitative estimate of drug-likeness (QED) is 0.795. The van der Waals surface area contributed by atoms with Gasteiger partial charge in [0.1, 0.15) is 0 Å². The number of hydrogen-bond donors (Lipinski definition) is 1. The normalized spacial score (nSPS) is 11.6. The molecule has 0 aliphatic heterocycles. The average molecular weight is 242 g/mol. The molecule has 2 N–H and O–H groups in total. The first kappa shape index (κ1) is 13.6. The highest BCUT2D eigenvalue weighted by Gasteiger charge is 2.10. The molecule has 0 radical (unpaired) electrons. The highest BCUT2D eigenvalue weighted by molar-refractivity contribution is 7.11. The third-order valence-electron chi connectivity index (χ3n) is 2.59. The fraction of sp³-hybridized carbons (Fsp3) is 0.667. The number of nitrogens with zero attached hydrogens (tertiary/aromatic N) is 1. The van der Waals surface area contributed by atoms with Crippen LogP contribution in [0.2, 0.25) is 0 Å². The Morgan fingerprint density at radius 1 is 1.38 bits per heavy atom. The Morgan fingerprint density at radius 3 is 2.56 bits per heavy atom. The standard InChI is InChI=1S/C12H22N2OS/c1-10(2)14(6-7-15-3)9-12-5-4-11(8-13)16-12/h4-5,10H,6-9,13H2,1-3H3. The number of rotatable bonds is 7. The van der Waals surface area contributed by atoms with Gasteiger partial charge in [-0.2, -0.15) is 0 Å². The van der Waals surface area contributed by atoms with E-state index < -0.39 is 0 Å². The zero-order chi connectivity index (χ0) is 12.0. The van der Waals surface area contributed by atoms with E-state index in [9.17, 15) is 0 Å². The summed E-state index contributed by atoms with van der Waals surface area (Å²) in [5, 5.41) is 0. The maximum atomic E-state index is 5.61. The van der Waals surface area contributed by atoms with Gasteiger partial charge in [-0.15, -0.1) is 11.3 Å². The van der Waals surface area contributed by atoms with Crippen molar-refractivity contribution in [3.8, 4) is 0 Å². The van der Waals surface area contributed by atoms with Gasteiger partial charge >= 0.3 is 0 Å². The molecule has 1 heterocycles. The summed E-state index contributed by atoms with van der Waals surface area (Å²) in [7, 11) is 1.75. The van der Waals surface area contributed by atoms with Crippen molar-refractivity contribution in [1.82, 2.24) is 4.90 Å². The van der Waals surface area contributed by atoms with Gasteiger partial charge in [0.25, 0.3) is 0 Å². The number of ether oxygens (including phenoxy) is 1. The smallest absolute Gasteiger partial charge is 0.0589 e. The Balaban J connectivity index is 2.53. The molecule has 0 aliphatic rings. The Labute approximate surface area is 102 Å². The minimum Gasteiger partial charge on any atom is -0.383 e. The fourth-order valence-corrected chi connectivity index (χ4v) is 2.47. The molecular formula is C12H22N2OS. The van der Waals surface area contributed by atoms with Crippen LogP contribution in [0.1, 0.15) is 23.6 Å². The first-order valence-electron chi connectivity index (χ1n) is 5.68. The van der Waals surface area contributed by atoms with Crippen molar-refractivity contribution >= 4 is 11.3 Å². The molecule has 3 nitrogen and oxygen atoms in total. The second-order valence-electron chi connectivity index (χ2n) is 4.13. The maximum Gasteiger partial charge on any atom is 0.0589 e. The van der Waals surface area contributed by atoms with Crippen molar-refractivity contribution in [2.75, 3.05) is 20.3 Å². The van der Waals surface area contributed by atoms with Crippen molar-refractivity contribution in [1.29, 1.82) is 0 Å². The predicted molar refractivity (Wildman–Crippen MR) is 69.6 cm³/mol. The van der Waals surface area contributed by atoms with Crippen LogP contribution >= 0.6 is 11.3 Å². The summed E-state index contributed by atoms with van der Waals surface area (Å²) in [6.45, 7) is 7.83. The van der Waals surface area contributed by atoms with E-state index >= 15 is 0 Å². The molecule has 0 unspecified atom stereocenters. The predicted octanol–water partition coefficient (Wildman–Crippen LogP) is 2.06. The number of nitrogens with two attached hydrogens (primary N) is 1. The summed E-state index contributed by atoms with van der Waals surface area (Å²) in [6.07, 6.45) is 0. The van der Waals surface area contributed by atoms with Crippen LogP contribution in [-0.2, 0) is 17.8 Å². The molecule has 0 fully saturated rings. The maximum absolute atomic E-state index is 5.61. The lowest BCUT2D eigenvalue weighted by Crippen LogP contribution is -2.32. The van der Waals surface area contributed by atoms with Crippen LogP contribution in [0, 0.1) is 0 Å². The molecule has 1 rings (SSSR count). The van der Waals surface area contributed by atoms with Crippen molar-refractivity contribution in [3.63, 3.8) is 0 Å². The van der Waals surface area contributed by atoms with E-state index in [2.05, 4.69) is 30.9 Å². The van der Waals surface area contributed by atoms with Crippen LogP contribution in [-0.4, -0.2) is 31.2 Å². The molecule has 4 heteroatoms. The van der Waals surface area contributed by atoms with Crippen molar-refractivity contribution in [3.05, 3.63) is 21.9 Å². The van der Waals surface area contributed by atoms with Gasteiger partial charge in [-0.3, -0.25) is 4.90 Å². The molecule has 0 saturated carbocycles. The van der Waals surface area contributed by atoms with Gasteiger partial charge in [0.2, 0.25) is 0 Å². The minimum absolute atomic E-state index is 0.540. The summed E-state index contributed by atoms with van der Waals surface area (Å²) < 4.78 is 5.13. The zero-order valence-corrected chi connectivity index (χ0v) is 11.2. The minimum atomic E-state index is 0.540. The first-order valence-corrected chi connectivity index (χ1v) is 6.49. The Hall–Kier alpha value is -0.420. The molecule has 0 atom stereocenters. The van der Waals surface area contributed by atoms with Gasteiger partial charge in [-0.1, -0.05) is 0 Å². The Morgan fingerprint density at radius 2 is 2.06 bits per heavy atom. The lowest BCUT2D eigenvalue weighted by molar-refractivity contribution is 0.125. The number of methoxy groups -OCH3 is 1.